The number of Topliss-reactive ketones (excluding diaryl/α,β-unsaturated/α-hetero) is 1. The van der Waals surface area contributed by atoms with Crippen molar-refractivity contribution < 1.29 is 19.4 Å². The van der Waals surface area contributed by atoms with Gasteiger partial charge in [0.25, 0.3) is 11.7 Å². The zero-order chi connectivity index (χ0) is 24.8. The van der Waals surface area contributed by atoms with Crippen molar-refractivity contribution in [2.24, 2.45) is 5.92 Å². The van der Waals surface area contributed by atoms with E-state index in [4.69, 9.17) is 4.74 Å². The van der Waals surface area contributed by atoms with E-state index in [9.17, 15) is 14.7 Å². The number of ether oxygens (including phenoxy) is 1. The second-order valence-corrected chi connectivity index (χ2v) is 9.72. The predicted octanol–water partition coefficient (Wildman–Crippen LogP) is 5.25. The number of rotatable bonds is 10. The number of benzene rings is 2. The Morgan fingerprint density at radius 1 is 1.12 bits per heavy atom. The molecule has 1 N–H and O–H groups in total. The highest BCUT2D eigenvalue weighted by atomic mass is 79.9. The maximum absolute atomic E-state index is 13.2. The van der Waals surface area contributed by atoms with Crippen molar-refractivity contribution in [2.75, 3.05) is 32.8 Å². The molecule has 0 radical (unpaired) electrons. The van der Waals surface area contributed by atoms with Gasteiger partial charge in [-0.2, -0.15) is 0 Å². The van der Waals surface area contributed by atoms with Crippen LogP contribution in [0.4, 0.5) is 0 Å². The quantitative estimate of drug-likeness (QED) is 0.259. The van der Waals surface area contributed by atoms with Crippen LogP contribution < -0.4 is 4.74 Å². The van der Waals surface area contributed by atoms with Crippen LogP contribution in [0.5, 0.6) is 5.75 Å². The van der Waals surface area contributed by atoms with Gasteiger partial charge in [0.2, 0.25) is 0 Å². The number of nitrogens with zero attached hydrogens (tertiary/aromatic N) is 2. The lowest BCUT2D eigenvalue weighted by molar-refractivity contribution is -0.140. The summed E-state index contributed by atoms with van der Waals surface area (Å²) in [5.41, 5.74) is 1.35. The fraction of sp³-hybridized carbons (Fsp3) is 0.407. The molecule has 1 fully saturated rings. The van der Waals surface area contributed by atoms with E-state index in [-0.39, 0.29) is 11.3 Å². The number of amides is 1. The highest BCUT2D eigenvalue weighted by Crippen LogP contribution is 2.40. The summed E-state index contributed by atoms with van der Waals surface area (Å²) < 4.78 is 6.56. The van der Waals surface area contributed by atoms with Crippen LogP contribution in [0.15, 0.2) is 58.6 Å². The van der Waals surface area contributed by atoms with E-state index in [1.165, 1.54) is 0 Å². The van der Waals surface area contributed by atoms with Gasteiger partial charge >= 0.3 is 0 Å². The Hall–Kier alpha value is -2.64. The SMILES string of the molecule is CCN(CC)CCN1C(=O)C(=O)/C(=C(/O)c2ccc(OCC(C)C)cc2)C1c1cccc(Br)c1. The Labute approximate surface area is 210 Å². The average molecular weight is 529 g/mol. The third kappa shape index (κ3) is 5.88. The van der Waals surface area contributed by atoms with E-state index >= 15 is 0 Å². The summed E-state index contributed by atoms with van der Waals surface area (Å²) in [6.45, 7) is 11.6. The lowest BCUT2D eigenvalue weighted by Crippen LogP contribution is -2.38. The first-order valence-corrected chi connectivity index (χ1v) is 12.6. The molecule has 1 heterocycles. The van der Waals surface area contributed by atoms with Crippen molar-refractivity contribution in [3.63, 3.8) is 0 Å². The zero-order valence-electron chi connectivity index (χ0n) is 20.3. The first kappa shape index (κ1) is 26.0. The number of hydrogen-bond acceptors (Lipinski definition) is 5. The highest BCUT2D eigenvalue weighted by molar-refractivity contribution is 9.10. The monoisotopic (exact) mass is 528 g/mol. The van der Waals surface area contributed by atoms with E-state index < -0.39 is 17.7 Å². The van der Waals surface area contributed by atoms with E-state index in [0.29, 0.717) is 36.9 Å². The number of hydrogen-bond donors (Lipinski definition) is 1. The van der Waals surface area contributed by atoms with Gasteiger partial charge in [0.15, 0.2) is 0 Å². The molecule has 0 spiro atoms. The van der Waals surface area contributed by atoms with Gasteiger partial charge in [-0.1, -0.05) is 55.8 Å². The summed E-state index contributed by atoms with van der Waals surface area (Å²) in [4.78, 5) is 30.0. The summed E-state index contributed by atoms with van der Waals surface area (Å²) in [5.74, 6) is -0.346. The van der Waals surface area contributed by atoms with Crippen LogP contribution in [-0.4, -0.2) is 59.4 Å². The Kier molecular flexibility index (Phi) is 8.91. The number of likely N-dealkylation sites (N-methyl/N-ethyl adjacent to an activating group) is 1. The standard InChI is InChI=1S/C27H33BrN2O4/c1-5-29(6-2)14-15-30-24(20-8-7-9-21(28)16-20)23(26(32)27(30)33)25(31)19-10-12-22(13-11-19)34-17-18(3)4/h7-13,16,18,24,31H,5-6,14-15,17H2,1-4H3/b25-23+. The molecule has 6 nitrogen and oxygen atoms in total. The third-order valence-corrected chi connectivity index (χ3v) is 6.46. The molecule has 3 rings (SSSR count). The summed E-state index contributed by atoms with van der Waals surface area (Å²) in [5, 5.41) is 11.2. The normalized spacial score (nSPS) is 17.7. The molecule has 34 heavy (non-hydrogen) atoms. The second-order valence-electron chi connectivity index (χ2n) is 8.80. The minimum Gasteiger partial charge on any atom is -0.507 e. The van der Waals surface area contributed by atoms with Crippen molar-refractivity contribution in [1.82, 2.24) is 9.80 Å². The van der Waals surface area contributed by atoms with Crippen LogP contribution in [0.2, 0.25) is 0 Å². The van der Waals surface area contributed by atoms with E-state index in [2.05, 4.69) is 48.5 Å². The first-order chi connectivity index (χ1) is 16.3. The number of halogens is 1. The van der Waals surface area contributed by atoms with Crippen molar-refractivity contribution in [3.8, 4) is 5.75 Å². The highest BCUT2D eigenvalue weighted by Gasteiger charge is 2.46. The number of carbonyl (C=O) groups is 2. The lowest BCUT2D eigenvalue weighted by atomic mass is 9.95. The molecule has 1 saturated heterocycles. The topological polar surface area (TPSA) is 70.1 Å². The maximum atomic E-state index is 13.2. The Morgan fingerprint density at radius 3 is 2.38 bits per heavy atom. The molecule has 0 bridgehead atoms. The maximum Gasteiger partial charge on any atom is 0.295 e. The minimum atomic E-state index is -0.665. The van der Waals surface area contributed by atoms with E-state index in [1.54, 1.807) is 29.2 Å². The first-order valence-electron chi connectivity index (χ1n) is 11.8. The number of likely N-dealkylation sites (tertiary alicyclic amines) is 1. The van der Waals surface area contributed by atoms with Gasteiger partial charge in [0.05, 0.1) is 18.2 Å². The minimum absolute atomic E-state index is 0.110. The van der Waals surface area contributed by atoms with Crippen molar-refractivity contribution >= 4 is 33.4 Å². The van der Waals surface area contributed by atoms with Crippen LogP contribution in [0, 0.1) is 5.92 Å². The molecule has 0 saturated carbocycles. The molecule has 1 amide bonds. The predicted molar refractivity (Wildman–Crippen MR) is 138 cm³/mol. The Morgan fingerprint density at radius 2 is 1.79 bits per heavy atom. The molecule has 0 aliphatic carbocycles. The summed E-state index contributed by atoms with van der Waals surface area (Å²) in [6, 6.07) is 13.8. The van der Waals surface area contributed by atoms with Gasteiger partial charge in [-0.25, -0.2) is 0 Å². The summed E-state index contributed by atoms with van der Waals surface area (Å²) in [6.07, 6.45) is 0. The molecule has 1 aliphatic heterocycles. The lowest BCUT2D eigenvalue weighted by Gasteiger charge is -2.28. The molecular weight excluding hydrogens is 496 g/mol. The number of ketones is 1. The van der Waals surface area contributed by atoms with Crippen LogP contribution in [-0.2, 0) is 9.59 Å². The van der Waals surface area contributed by atoms with Gasteiger partial charge in [0, 0.05) is 23.1 Å². The van der Waals surface area contributed by atoms with Gasteiger partial charge in [-0.15, -0.1) is 0 Å². The van der Waals surface area contributed by atoms with Crippen LogP contribution in [0.1, 0.15) is 44.9 Å². The molecule has 2 aromatic carbocycles. The molecule has 7 heteroatoms. The Balaban J connectivity index is 2.01. The molecule has 182 valence electrons. The van der Waals surface area contributed by atoms with Crippen molar-refractivity contribution in [3.05, 3.63) is 69.7 Å². The molecule has 1 aliphatic rings. The fourth-order valence-corrected chi connectivity index (χ4v) is 4.47. The van der Waals surface area contributed by atoms with Gasteiger partial charge < -0.3 is 19.6 Å². The molecule has 0 aromatic heterocycles. The number of aliphatic hydroxyl groups is 1. The van der Waals surface area contributed by atoms with Crippen LogP contribution in [0.3, 0.4) is 0 Å². The molecule has 1 unspecified atom stereocenters. The number of aliphatic hydroxyl groups excluding tert-OH is 1. The third-order valence-electron chi connectivity index (χ3n) is 5.97. The van der Waals surface area contributed by atoms with Crippen molar-refractivity contribution in [1.29, 1.82) is 0 Å². The van der Waals surface area contributed by atoms with Gasteiger partial charge in [-0.3, -0.25) is 9.59 Å². The average Bonchev–Trinajstić information content (AvgIpc) is 3.08. The van der Waals surface area contributed by atoms with Crippen molar-refractivity contribution in [2.45, 2.75) is 33.7 Å². The van der Waals surface area contributed by atoms with E-state index in [0.717, 1.165) is 23.1 Å². The number of carbonyl (C=O) groups excluding carboxylic acids is 2. The van der Waals surface area contributed by atoms with E-state index in [1.807, 2.05) is 24.3 Å². The van der Waals surface area contributed by atoms with Crippen LogP contribution in [0.25, 0.3) is 5.76 Å². The summed E-state index contributed by atoms with van der Waals surface area (Å²) in [7, 11) is 0. The molecule has 2 aromatic rings. The Bertz CT molecular complexity index is 1040. The molecule has 1 atom stereocenters. The zero-order valence-corrected chi connectivity index (χ0v) is 21.8. The van der Waals surface area contributed by atoms with Gasteiger partial charge in [-0.05, 0) is 61.0 Å². The van der Waals surface area contributed by atoms with Crippen LogP contribution >= 0.6 is 15.9 Å². The summed E-state index contributed by atoms with van der Waals surface area (Å²) >= 11 is 3.49. The fourth-order valence-electron chi connectivity index (χ4n) is 4.05. The smallest absolute Gasteiger partial charge is 0.295 e. The van der Waals surface area contributed by atoms with Gasteiger partial charge in [0.1, 0.15) is 11.5 Å². The largest absolute Gasteiger partial charge is 0.507 e. The second kappa shape index (κ2) is 11.7. The molecular formula is C27H33BrN2O4.